The Labute approximate surface area is 134 Å². The third-order valence-corrected chi connectivity index (χ3v) is 2.58. The first-order valence-corrected chi connectivity index (χ1v) is 6.97. The number of hydrogen-bond donors (Lipinski definition) is 0. The van der Waals surface area contributed by atoms with E-state index in [-0.39, 0.29) is 0 Å². The van der Waals surface area contributed by atoms with Gasteiger partial charge in [-0.3, -0.25) is 0 Å². The summed E-state index contributed by atoms with van der Waals surface area (Å²) in [5.74, 6) is 0. The van der Waals surface area contributed by atoms with Gasteiger partial charge in [-0.1, -0.05) is 68.8 Å². The van der Waals surface area contributed by atoms with Gasteiger partial charge in [0.15, 0.2) is 0 Å². The summed E-state index contributed by atoms with van der Waals surface area (Å²) in [6, 6.07) is 0. The molecule has 0 rings (SSSR count). The van der Waals surface area contributed by atoms with Crippen LogP contribution in [0, 0.1) is 0 Å². The molecule has 0 aliphatic rings. The predicted molar refractivity (Wildman–Crippen MR) is 98.5 cm³/mol. The van der Waals surface area contributed by atoms with Gasteiger partial charge in [0.2, 0.25) is 0 Å². The van der Waals surface area contributed by atoms with Gasteiger partial charge in [-0.25, -0.2) is 0 Å². The minimum Gasteiger partial charge on any atom is -0.151 e. The lowest BCUT2D eigenvalue weighted by molar-refractivity contribution is 1.10. The van der Waals surface area contributed by atoms with Crippen molar-refractivity contribution in [1.29, 1.82) is 0 Å². The molecule has 0 saturated heterocycles. The Morgan fingerprint density at radius 2 is 1.55 bits per heavy atom. The lowest BCUT2D eigenvalue weighted by atomic mass is 10.1. The Bertz CT molecular complexity index is 591. The van der Waals surface area contributed by atoms with E-state index in [1.807, 2.05) is 38.2 Å². The minimum absolute atomic E-state index is 0.699. The van der Waals surface area contributed by atoms with E-state index in [0.717, 1.165) is 16.8 Å². The molecule has 22 heavy (non-hydrogen) atoms. The Morgan fingerprint density at radius 1 is 0.864 bits per heavy atom. The minimum atomic E-state index is 0.699. The maximum Gasteiger partial charge on any atom is 0.0931 e. The van der Waals surface area contributed by atoms with Gasteiger partial charge in [0.05, 0.1) is 11.4 Å². The number of nitrogens with zero attached hydrogens (tertiary/aromatic N) is 2. The number of azo groups is 1. The molecule has 0 aromatic heterocycles. The van der Waals surface area contributed by atoms with Gasteiger partial charge in [-0.2, -0.15) is 5.11 Å². The maximum atomic E-state index is 4.33. The van der Waals surface area contributed by atoms with Gasteiger partial charge in [0.25, 0.3) is 0 Å². The molecule has 0 aliphatic heterocycles. The van der Waals surface area contributed by atoms with Crippen LogP contribution in [-0.4, -0.2) is 0 Å². The average molecular weight is 292 g/mol. The highest BCUT2D eigenvalue weighted by Crippen LogP contribution is 2.20. The first-order valence-electron chi connectivity index (χ1n) is 6.97. The summed E-state index contributed by atoms with van der Waals surface area (Å²) in [4.78, 5) is 0. The molecule has 0 radical (unpaired) electrons. The molecule has 0 bridgehead atoms. The van der Waals surface area contributed by atoms with Crippen LogP contribution in [0.5, 0.6) is 0 Å². The zero-order chi connectivity index (χ0) is 16.8. The first kappa shape index (κ1) is 19.3. The first-order chi connectivity index (χ1) is 10.6. The van der Waals surface area contributed by atoms with Gasteiger partial charge >= 0.3 is 0 Å². The fraction of sp³-hybridized carbons (Fsp3) is 0.100. The Morgan fingerprint density at radius 3 is 2.05 bits per heavy atom. The average Bonchev–Trinajstić information content (AvgIpc) is 2.52. The van der Waals surface area contributed by atoms with Crippen LogP contribution in [0.1, 0.15) is 13.8 Å². The highest BCUT2D eigenvalue weighted by molar-refractivity contribution is 5.47. The molecule has 0 unspecified atom stereocenters. The van der Waals surface area contributed by atoms with Gasteiger partial charge in [0, 0.05) is 5.57 Å². The standard InChI is InChI=1S/C20H24N2/c1-7-12-16-19(17(6)11-5)20(15-10-4)22-21-18(13-8-2)14-9-3/h7-16H,1-2,4-5H2,3,6H3/b14-9-,16-12-,18-13+,19-17+,20-15+,22-21?. The van der Waals surface area contributed by atoms with Crippen LogP contribution in [0.4, 0.5) is 0 Å². The summed E-state index contributed by atoms with van der Waals surface area (Å²) in [7, 11) is 0. The lowest BCUT2D eigenvalue weighted by Gasteiger charge is -2.05. The SMILES string of the molecule is C=C\C=C/C(/C(=C\C=C)N=NC(/C=C\C)=C/C=C)=C(/C)C=C. The van der Waals surface area contributed by atoms with E-state index in [4.69, 9.17) is 0 Å². The zero-order valence-corrected chi connectivity index (χ0v) is 13.5. The van der Waals surface area contributed by atoms with E-state index in [1.165, 1.54) is 0 Å². The molecular formula is C20H24N2. The summed E-state index contributed by atoms with van der Waals surface area (Å²) in [5, 5.41) is 8.58. The van der Waals surface area contributed by atoms with Crippen LogP contribution < -0.4 is 0 Å². The van der Waals surface area contributed by atoms with Gasteiger partial charge in [-0.15, -0.1) is 5.11 Å². The van der Waals surface area contributed by atoms with Crippen molar-refractivity contribution in [2.24, 2.45) is 10.2 Å². The molecule has 0 fully saturated rings. The topological polar surface area (TPSA) is 24.7 Å². The molecule has 2 heteroatoms. The largest absolute Gasteiger partial charge is 0.151 e. The Hall–Kier alpha value is -2.74. The number of allylic oxidation sites excluding steroid dienone is 11. The number of hydrogen-bond acceptors (Lipinski definition) is 2. The third-order valence-electron chi connectivity index (χ3n) is 2.58. The summed E-state index contributed by atoms with van der Waals surface area (Å²) in [6.45, 7) is 18.8. The van der Waals surface area contributed by atoms with Crippen LogP contribution >= 0.6 is 0 Å². The fourth-order valence-corrected chi connectivity index (χ4v) is 1.51. The highest BCUT2D eigenvalue weighted by atomic mass is 15.1. The molecule has 0 heterocycles. The van der Waals surface area contributed by atoms with Crippen molar-refractivity contribution in [3.63, 3.8) is 0 Å². The van der Waals surface area contributed by atoms with Crippen molar-refractivity contribution in [2.75, 3.05) is 0 Å². The van der Waals surface area contributed by atoms with Crippen molar-refractivity contribution in [1.82, 2.24) is 0 Å². The molecule has 0 aromatic rings. The zero-order valence-electron chi connectivity index (χ0n) is 13.5. The summed E-state index contributed by atoms with van der Waals surface area (Å²) in [5.41, 5.74) is 3.32. The molecular weight excluding hydrogens is 268 g/mol. The molecule has 2 nitrogen and oxygen atoms in total. The van der Waals surface area contributed by atoms with E-state index < -0.39 is 0 Å². The lowest BCUT2D eigenvalue weighted by Crippen LogP contribution is -1.88. The molecule has 0 spiro atoms. The van der Waals surface area contributed by atoms with Gasteiger partial charge < -0.3 is 0 Å². The summed E-state index contributed by atoms with van der Waals surface area (Å²) >= 11 is 0. The van der Waals surface area contributed by atoms with Crippen LogP contribution in [0.15, 0.2) is 120 Å². The van der Waals surface area contributed by atoms with Crippen LogP contribution in [0.3, 0.4) is 0 Å². The van der Waals surface area contributed by atoms with E-state index >= 15 is 0 Å². The summed E-state index contributed by atoms with van der Waals surface area (Å²) in [6.07, 6.45) is 18.0. The number of rotatable bonds is 9. The smallest absolute Gasteiger partial charge is 0.0931 e. The second-order valence-electron chi connectivity index (χ2n) is 4.21. The maximum absolute atomic E-state index is 4.33. The van der Waals surface area contributed by atoms with Crippen LogP contribution in [-0.2, 0) is 0 Å². The summed E-state index contributed by atoms with van der Waals surface area (Å²) < 4.78 is 0. The molecule has 0 saturated carbocycles. The predicted octanol–water partition coefficient (Wildman–Crippen LogP) is 6.40. The molecule has 0 amide bonds. The van der Waals surface area contributed by atoms with E-state index in [1.54, 1.807) is 36.5 Å². The highest BCUT2D eigenvalue weighted by Gasteiger charge is 2.03. The van der Waals surface area contributed by atoms with E-state index in [9.17, 15) is 0 Å². The molecule has 0 aliphatic carbocycles. The molecule has 0 aromatic carbocycles. The van der Waals surface area contributed by atoms with Gasteiger partial charge in [0.1, 0.15) is 0 Å². The third kappa shape index (κ3) is 7.15. The Kier molecular flexibility index (Phi) is 10.5. The monoisotopic (exact) mass is 292 g/mol. The second-order valence-corrected chi connectivity index (χ2v) is 4.21. The van der Waals surface area contributed by atoms with Crippen molar-refractivity contribution in [3.8, 4) is 0 Å². The molecule has 114 valence electrons. The quantitative estimate of drug-likeness (QED) is 0.347. The van der Waals surface area contributed by atoms with Crippen LogP contribution in [0.2, 0.25) is 0 Å². The fourth-order valence-electron chi connectivity index (χ4n) is 1.51. The van der Waals surface area contributed by atoms with Crippen LogP contribution in [0.25, 0.3) is 0 Å². The van der Waals surface area contributed by atoms with E-state index in [0.29, 0.717) is 5.70 Å². The van der Waals surface area contributed by atoms with Crippen molar-refractivity contribution in [3.05, 3.63) is 110 Å². The molecule has 0 N–H and O–H groups in total. The van der Waals surface area contributed by atoms with Gasteiger partial charge in [-0.05, 0) is 37.6 Å². The van der Waals surface area contributed by atoms with Crippen molar-refractivity contribution in [2.45, 2.75) is 13.8 Å². The molecule has 0 atom stereocenters. The van der Waals surface area contributed by atoms with Crippen molar-refractivity contribution >= 4 is 0 Å². The van der Waals surface area contributed by atoms with E-state index in [2.05, 4.69) is 36.5 Å². The van der Waals surface area contributed by atoms with Crippen molar-refractivity contribution < 1.29 is 0 Å². The second kappa shape index (κ2) is 12.0. The Balaban J connectivity index is 5.86. The normalized spacial score (nSPS) is 14.5.